The van der Waals surface area contributed by atoms with Crippen LogP contribution in [-0.2, 0) is 4.74 Å². The van der Waals surface area contributed by atoms with Crippen molar-refractivity contribution in [3.8, 4) is 0 Å². The van der Waals surface area contributed by atoms with Crippen molar-refractivity contribution in [3.05, 3.63) is 82.7 Å². The highest BCUT2D eigenvalue weighted by Crippen LogP contribution is 2.57. The van der Waals surface area contributed by atoms with E-state index in [9.17, 15) is 13.9 Å². The van der Waals surface area contributed by atoms with Crippen molar-refractivity contribution in [1.29, 1.82) is 0 Å². The number of hydrogen-bond donors (Lipinski definition) is 1. The van der Waals surface area contributed by atoms with Crippen LogP contribution < -0.4 is 0 Å². The van der Waals surface area contributed by atoms with Crippen molar-refractivity contribution in [1.82, 2.24) is 0 Å². The molecule has 0 radical (unpaired) electrons. The third-order valence-electron chi connectivity index (χ3n) is 6.88. The first-order chi connectivity index (χ1) is 18.5. The van der Waals surface area contributed by atoms with Gasteiger partial charge in [0.1, 0.15) is 11.7 Å². The fourth-order valence-electron chi connectivity index (χ4n) is 4.84. The lowest BCUT2D eigenvalue weighted by atomic mass is 9.98. The molecule has 216 valence electrons. The predicted molar refractivity (Wildman–Crippen MR) is 165 cm³/mol. The van der Waals surface area contributed by atoms with Crippen LogP contribution in [-0.4, -0.2) is 42.7 Å². The van der Waals surface area contributed by atoms with Gasteiger partial charge in [0.2, 0.25) is 0 Å². The van der Waals surface area contributed by atoms with Gasteiger partial charge in [-0.3, -0.25) is 4.99 Å². The molecule has 39 heavy (non-hydrogen) atoms. The van der Waals surface area contributed by atoms with E-state index in [2.05, 4.69) is 36.3 Å². The van der Waals surface area contributed by atoms with E-state index in [0.717, 1.165) is 18.4 Å². The maximum atomic E-state index is 15.1. The maximum absolute atomic E-state index is 15.1. The second-order valence-electron chi connectivity index (χ2n) is 10.9. The summed E-state index contributed by atoms with van der Waals surface area (Å²) in [4.78, 5) is 3.95. The normalized spacial score (nSPS) is 24.5. The molecule has 0 aromatic rings. The summed E-state index contributed by atoms with van der Waals surface area (Å²) in [5.41, 5.74) is 2.83. The lowest BCUT2D eigenvalue weighted by Gasteiger charge is -2.16. The summed E-state index contributed by atoms with van der Waals surface area (Å²) >= 11 is 0. The van der Waals surface area contributed by atoms with Crippen molar-refractivity contribution in [2.75, 3.05) is 19.4 Å². The summed E-state index contributed by atoms with van der Waals surface area (Å²) in [5.74, 6) is -0.638. The Morgan fingerprint density at radius 3 is 2.67 bits per heavy atom. The summed E-state index contributed by atoms with van der Waals surface area (Å²) in [6, 6.07) is 0. The monoisotopic (exact) mass is 581 g/mol. The average molecular weight is 582 g/mol. The molecule has 2 aliphatic carbocycles. The molecule has 0 heterocycles. The molecule has 1 N–H and O–H groups in total. The number of halogens is 3. The van der Waals surface area contributed by atoms with Gasteiger partial charge < -0.3 is 9.84 Å². The zero-order valence-electron chi connectivity index (χ0n) is 23.4. The van der Waals surface area contributed by atoms with Crippen molar-refractivity contribution in [2.45, 2.75) is 64.4 Å². The highest BCUT2D eigenvalue weighted by Gasteiger charge is 2.47. The van der Waals surface area contributed by atoms with Crippen LogP contribution in [0.2, 0.25) is 0 Å². The fourth-order valence-corrected chi connectivity index (χ4v) is 5.43. The van der Waals surface area contributed by atoms with Crippen LogP contribution in [0, 0.1) is 17.8 Å². The SMILES string of the molecule is C=N/C=C1\C(=C/COCC(C)/C=C(/C=C/C(F)=C(\C=C/F)CCCC(C)(C)O)C(=C/CP)\C(F)P)C[C@H]2C[C@@H]12. The van der Waals surface area contributed by atoms with Gasteiger partial charge in [0, 0.05) is 6.20 Å². The molecule has 8 heteroatoms. The minimum Gasteiger partial charge on any atom is -0.390 e. The lowest BCUT2D eigenvalue weighted by molar-refractivity contribution is 0.0689. The minimum atomic E-state index is -1.33. The third-order valence-corrected chi connectivity index (χ3v) is 7.48. The topological polar surface area (TPSA) is 41.8 Å². The van der Waals surface area contributed by atoms with Gasteiger partial charge in [-0.05, 0) is 117 Å². The highest BCUT2D eigenvalue weighted by atomic mass is 31.0. The second-order valence-corrected chi connectivity index (χ2v) is 12.0. The van der Waals surface area contributed by atoms with Gasteiger partial charge in [0.05, 0.1) is 25.1 Å². The van der Waals surface area contributed by atoms with E-state index in [1.165, 1.54) is 29.7 Å². The molecular formula is C31H44F3NO2P2. The molecule has 2 rings (SSSR count). The molecule has 0 bridgehead atoms. The highest BCUT2D eigenvalue weighted by molar-refractivity contribution is 7.17. The van der Waals surface area contributed by atoms with E-state index in [1.54, 1.807) is 19.9 Å². The molecule has 4 unspecified atom stereocenters. The Labute approximate surface area is 237 Å². The van der Waals surface area contributed by atoms with E-state index in [4.69, 9.17) is 4.74 Å². The number of rotatable bonds is 16. The summed E-state index contributed by atoms with van der Waals surface area (Å²) < 4.78 is 48.4. The van der Waals surface area contributed by atoms with Crippen molar-refractivity contribution in [3.63, 3.8) is 0 Å². The van der Waals surface area contributed by atoms with E-state index in [-0.39, 0.29) is 17.9 Å². The number of aliphatic imine (C=N–C) groups is 1. The largest absolute Gasteiger partial charge is 0.390 e. The number of fused-ring (bicyclic) bond motifs is 1. The Morgan fingerprint density at radius 1 is 1.31 bits per heavy atom. The molecule has 6 atom stereocenters. The lowest BCUT2D eigenvalue weighted by Crippen LogP contribution is -2.17. The Kier molecular flexibility index (Phi) is 14.3. The first-order valence-electron chi connectivity index (χ1n) is 13.5. The molecule has 2 fully saturated rings. The molecule has 0 saturated heterocycles. The Hall–Kier alpha value is -1.58. The summed E-state index contributed by atoms with van der Waals surface area (Å²) in [6.45, 7) is 9.79. The number of allylic oxidation sites excluding steroid dienone is 10. The smallest absolute Gasteiger partial charge is 0.138 e. The van der Waals surface area contributed by atoms with E-state index in [1.807, 2.05) is 19.2 Å². The molecule has 0 amide bonds. The van der Waals surface area contributed by atoms with Gasteiger partial charge in [-0.25, -0.2) is 13.2 Å². The van der Waals surface area contributed by atoms with Gasteiger partial charge >= 0.3 is 0 Å². The fraction of sp³-hybridized carbons (Fsp3) is 0.516. The van der Waals surface area contributed by atoms with E-state index in [0.29, 0.717) is 55.6 Å². The molecule has 0 aromatic carbocycles. The van der Waals surface area contributed by atoms with Crippen LogP contribution in [0.5, 0.6) is 0 Å². The molecular weight excluding hydrogens is 537 g/mol. The first-order valence-corrected chi connectivity index (χ1v) is 15.0. The number of hydrogen-bond acceptors (Lipinski definition) is 3. The van der Waals surface area contributed by atoms with Crippen LogP contribution in [0.1, 0.15) is 52.9 Å². The third kappa shape index (κ3) is 11.8. The van der Waals surface area contributed by atoms with Gasteiger partial charge in [0.25, 0.3) is 0 Å². The molecule has 0 aromatic heterocycles. The average Bonchev–Trinajstić information content (AvgIpc) is 3.55. The first kappa shape index (κ1) is 33.6. The number of alkyl halides is 1. The van der Waals surface area contributed by atoms with E-state index < -0.39 is 17.3 Å². The Bertz CT molecular complexity index is 1050. The molecule has 2 saturated carbocycles. The summed E-state index contributed by atoms with van der Waals surface area (Å²) in [5, 5.41) is 9.91. The second kappa shape index (κ2) is 16.6. The zero-order valence-corrected chi connectivity index (χ0v) is 25.7. The summed E-state index contributed by atoms with van der Waals surface area (Å²) in [6.07, 6.45) is 15.8. The van der Waals surface area contributed by atoms with Crippen molar-refractivity contribution < 1.29 is 23.0 Å². The van der Waals surface area contributed by atoms with Crippen molar-refractivity contribution >= 4 is 25.2 Å². The van der Waals surface area contributed by atoms with Gasteiger partial charge in [-0.1, -0.05) is 40.5 Å². The van der Waals surface area contributed by atoms with E-state index >= 15 is 4.39 Å². The van der Waals surface area contributed by atoms with Gasteiger partial charge in [-0.2, -0.15) is 0 Å². The molecule has 0 aliphatic heterocycles. The summed E-state index contributed by atoms with van der Waals surface area (Å²) in [7, 11) is 4.69. The van der Waals surface area contributed by atoms with Crippen LogP contribution in [0.3, 0.4) is 0 Å². The number of ether oxygens (including phenoxy) is 1. The Balaban J connectivity index is 2.14. The minimum absolute atomic E-state index is 0.0643. The molecule has 3 nitrogen and oxygen atoms in total. The van der Waals surface area contributed by atoms with Crippen molar-refractivity contribution in [2.24, 2.45) is 22.7 Å². The molecule has 2 aliphatic rings. The zero-order chi connectivity index (χ0) is 29.0. The predicted octanol–water partition coefficient (Wildman–Crippen LogP) is 8.29. The molecule has 0 spiro atoms. The number of nitrogens with zero attached hydrogens (tertiary/aromatic N) is 1. The maximum Gasteiger partial charge on any atom is 0.138 e. The Morgan fingerprint density at radius 2 is 2.05 bits per heavy atom. The van der Waals surface area contributed by atoms with Crippen LogP contribution in [0.4, 0.5) is 13.2 Å². The number of aliphatic hydroxyl groups is 1. The van der Waals surface area contributed by atoms with Crippen LogP contribution in [0.15, 0.2) is 87.7 Å². The quantitative estimate of drug-likeness (QED) is 0.0863. The van der Waals surface area contributed by atoms with Gasteiger partial charge in [0.15, 0.2) is 0 Å². The van der Waals surface area contributed by atoms with Crippen LogP contribution in [0.25, 0.3) is 0 Å². The van der Waals surface area contributed by atoms with Gasteiger partial charge in [-0.15, -0.1) is 9.24 Å². The standard InChI is InChI=1S/C31H44F3NO2P2/c1-21(20-37-14-10-24-17-25-18-27(25)28(24)19-35-4)16-23(26(11-15-38)30(34)39)7-8-29(33)22(9-13-32)6-5-12-31(2,3)36/h7-11,13,16,19,21,25,27,30,36H,4-6,12,14-15,17-18,20,38-39H2,1-3H3/b8-7+,13-9-,23-16-,24-10-,26-11+,28-19+,29-22+/t21?,25-,27+,30?/m0/s1. The van der Waals surface area contributed by atoms with Crippen LogP contribution >= 0.6 is 18.5 Å².